The first-order valence-electron chi connectivity index (χ1n) is 5.91. The van der Waals surface area contributed by atoms with Crippen molar-refractivity contribution < 1.29 is 5.11 Å². The summed E-state index contributed by atoms with van der Waals surface area (Å²) in [6.45, 7) is 5.19. The molecule has 1 aromatic carbocycles. The molecule has 0 bridgehead atoms. The molecule has 0 fully saturated rings. The first-order chi connectivity index (χ1) is 7.81. The number of aliphatic hydroxyl groups is 1. The van der Waals surface area contributed by atoms with Crippen LogP contribution in [0.15, 0.2) is 24.3 Å². The molecule has 1 aromatic rings. The maximum Gasteiger partial charge on any atom is 0.0447 e. The van der Waals surface area contributed by atoms with Crippen molar-refractivity contribution in [2.24, 2.45) is 0 Å². The fourth-order valence-electron chi connectivity index (χ4n) is 1.76. The Morgan fingerprint density at radius 3 is 2.44 bits per heavy atom. The molecule has 3 heteroatoms. The van der Waals surface area contributed by atoms with Crippen molar-refractivity contribution in [3.8, 4) is 0 Å². The van der Waals surface area contributed by atoms with E-state index in [4.69, 9.17) is 5.11 Å². The molecule has 0 saturated carbocycles. The van der Waals surface area contributed by atoms with E-state index >= 15 is 0 Å². The highest BCUT2D eigenvalue weighted by atomic mass is 16.3. The first-order valence-corrected chi connectivity index (χ1v) is 5.91. The summed E-state index contributed by atoms with van der Waals surface area (Å²) in [6.07, 6.45) is 0.826. The van der Waals surface area contributed by atoms with Crippen molar-refractivity contribution in [2.75, 3.05) is 31.6 Å². The van der Waals surface area contributed by atoms with Gasteiger partial charge in [-0.3, -0.25) is 0 Å². The number of hydrogen-bond donors (Lipinski definition) is 2. The van der Waals surface area contributed by atoms with Gasteiger partial charge in [0.2, 0.25) is 0 Å². The minimum absolute atomic E-state index is 0.258. The molecule has 16 heavy (non-hydrogen) atoms. The normalized spacial score (nSPS) is 10.4. The number of anilines is 1. The Morgan fingerprint density at radius 1 is 1.25 bits per heavy atom. The second-order valence-electron chi connectivity index (χ2n) is 3.85. The van der Waals surface area contributed by atoms with Crippen LogP contribution in [0.1, 0.15) is 18.9 Å². The van der Waals surface area contributed by atoms with Crippen LogP contribution in [-0.4, -0.2) is 31.9 Å². The van der Waals surface area contributed by atoms with Gasteiger partial charge in [0.15, 0.2) is 0 Å². The maximum atomic E-state index is 8.84. The molecule has 0 amide bonds. The van der Waals surface area contributed by atoms with Crippen molar-refractivity contribution in [1.82, 2.24) is 5.32 Å². The van der Waals surface area contributed by atoms with Gasteiger partial charge in [-0.25, -0.2) is 0 Å². The second kappa shape index (κ2) is 7.25. The lowest BCUT2D eigenvalue weighted by molar-refractivity contribution is 0.289. The highest BCUT2D eigenvalue weighted by Crippen LogP contribution is 2.15. The molecule has 0 atom stereocenters. The molecule has 1 rings (SSSR count). The second-order valence-corrected chi connectivity index (χ2v) is 3.85. The molecule has 0 heterocycles. The van der Waals surface area contributed by atoms with E-state index in [1.807, 2.05) is 7.05 Å². The van der Waals surface area contributed by atoms with Crippen LogP contribution in [0.25, 0.3) is 0 Å². The van der Waals surface area contributed by atoms with Gasteiger partial charge in [-0.1, -0.05) is 12.1 Å². The van der Waals surface area contributed by atoms with Crippen LogP contribution in [0.2, 0.25) is 0 Å². The number of hydrogen-bond acceptors (Lipinski definition) is 3. The van der Waals surface area contributed by atoms with E-state index in [0.29, 0.717) is 0 Å². The average molecular weight is 222 g/mol. The van der Waals surface area contributed by atoms with Crippen molar-refractivity contribution in [3.05, 3.63) is 29.8 Å². The van der Waals surface area contributed by atoms with E-state index in [2.05, 4.69) is 41.4 Å². The minimum atomic E-state index is 0.258. The Bertz CT molecular complexity index is 284. The smallest absolute Gasteiger partial charge is 0.0447 e. The lowest BCUT2D eigenvalue weighted by Crippen LogP contribution is -2.24. The molecule has 3 nitrogen and oxygen atoms in total. The zero-order chi connectivity index (χ0) is 11.8. The largest absolute Gasteiger partial charge is 0.396 e. The van der Waals surface area contributed by atoms with Gasteiger partial charge < -0.3 is 15.3 Å². The van der Waals surface area contributed by atoms with Gasteiger partial charge in [0.1, 0.15) is 0 Å². The summed E-state index contributed by atoms with van der Waals surface area (Å²) in [7, 11) is 1.95. The monoisotopic (exact) mass is 222 g/mol. The molecule has 0 unspecified atom stereocenters. The molecule has 0 aliphatic heterocycles. The Balaban J connectivity index is 2.62. The van der Waals surface area contributed by atoms with E-state index in [9.17, 15) is 0 Å². The van der Waals surface area contributed by atoms with Crippen LogP contribution in [0.5, 0.6) is 0 Å². The fraction of sp³-hybridized carbons (Fsp3) is 0.538. The van der Waals surface area contributed by atoms with Crippen LogP contribution >= 0.6 is 0 Å². The Hall–Kier alpha value is -1.06. The van der Waals surface area contributed by atoms with Gasteiger partial charge in [-0.2, -0.15) is 0 Å². The summed E-state index contributed by atoms with van der Waals surface area (Å²) in [5, 5.41) is 12.0. The van der Waals surface area contributed by atoms with E-state index < -0.39 is 0 Å². The van der Waals surface area contributed by atoms with Crippen LogP contribution in [-0.2, 0) is 6.54 Å². The summed E-state index contributed by atoms with van der Waals surface area (Å²) in [5.41, 5.74) is 2.53. The predicted octanol–water partition coefficient (Wildman–Crippen LogP) is 1.61. The van der Waals surface area contributed by atoms with Gasteiger partial charge in [-0.15, -0.1) is 0 Å². The maximum absolute atomic E-state index is 8.84. The molecule has 0 aliphatic rings. The third-order valence-corrected chi connectivity index (χ3v) is 2.65. The number of benzene rings is 1. The van der Waals surface area contributed by atoms with E-state index in [1.165, 1.54) is 11.3 Å². The zero-order valence-corrected chi connectivity index (χ0v) is 10.2. The van der Waals surface area contributed by atoms with E-state index in [-0.39, 0.29) is 6.61 Å². The Labute approximate surface area is 98.1 Å². The molecule has 0 aliphatic carbocycles. The third kappa shape index (κ3) is 3.83. The van der Waals surface area contributed by atoms with Gasteiger partial charge >= 0.3 is 0 Å². The molecule has 90 valence electrons. The lowest BCUT2D eigenvalue weighted by Gasteiger charge is -2.22. The number of rotatable bonds is 7. The first kappa shape index (κ1) is 13.0. The quantitative estimate of drug-likeness (QED) is 0.736. The van der Waals surface area contributed by atoms with Crippen LogP contribution in [0, 0.1) is 0 Å². The summed E-state index contributed by atoms with van der Waals surface area (Å²) in [5.74, 6) is 0. The number of aliphatic hydroxyl groups excluding tert-OH is 1. The third-order valence-electron chi connectivity index (χ3n) is 2.65. The lowest BCUT2D eigenvalue weighted by atomic mass is 10.2. The van der Waals surface area contributed by atoms with Gasteiger partial charge in [-0.05, 0) is 38.1 Å². The van der Waals surface area contributed by atoms with Gasteiger partial charge in [0.25, 0.3) is 0 Å². The Kier molecular flexibility index (Phi) is 5.90. The van der Waals surface area contributed by atoms with E-state index in [0.717, 1.165) is 26.1 Å². The molecule has 0 aromatic heterocycles. The summed E-state index contributed by atoms with van der Waals surface area (Å²) in [6, 6.07) is 8.59. The summed E-state index contributed by atoms with van der Waals surface area (Å²) >= 11 is 0. The predicted molar refractivity (Wildman–Crippen MR) is 68.8 cm³/mol. The van der Waals surface area contributed by atoms with Gasteiger partial charge in [0.05, 0.1) is 0 Å². The summed E-state index contributed by atoms with van der Waals surface area (Å²) < 4.78 is 0. The average Bonchev–Trinajstić information content (AvgIpc) is 2.32. The molecule has 0 spiro atoms. The number of nitrogens with one attached hydrogen (secondary N) is 1. The molecule has 0 radical (unpaired) electrons. The molecule has 0 saturated heterocycles. The Morgan fingerprint density at radius 2 is 1.94 bits per heavy atom. The zero-order valence-electron chi connectivity index (χ0n) is 10.2. The van der Waals surface area contributed by atoms with Gasteiger partial charge in [0, 0.05) is 31.9 Å². The molecular formula is C13H22N2O. The van der Waals surface area contributed by atoms with E-state index in [1.54, 1.807) is 0 Å². The van der Waals surface area contributed by atoms with Crippen molar-refractivity contribution in [1.29, 1.82) is 0 Å². The number of nitrogens with zero attached hydrogens (tertiary/aromatic N) is 1. The minimum Gasteiger partial charge on any atom is -0.396 e. The van der Waals surface area contributed by atoms with Crippen molar-refractivity contribution in [3.63, 3.8) is 0 Å². The highest BCUT2D eigenvalue weighted by Gasteiger charge is 2.03. The van der Waals surface area contributed by atoms with Crippen LogP contribution in [0.4, 0.5) is 5.69 Å². The molecular weight excluding hydrogens is 200 g/mol. The highest BCUT2D eigenvalue weighted by molar-refractivity contribution is 5.47. The topological polar surface area (TPSA) is 35.5 Å². The SMILES string of the molecule is CCN(CCCO)c1ccc(CNC)cc1. The van der Waals surface area contributed by atoms with Crippen molar-refractivity contribution in [2.45, 2.75) is 19.9 Å². The summed E-state index contributed by atoms with van der Waals surface area (Å²) in [4.78, 5) is 2.28. The van der Waals surface area contributed by atoms with Crippen LogP contribution < -0.4 is 10.2 Å². The standard InChI is InChI=1S/C13H22N2O/c1-3-15(9-4-10-16)13-7-5-12(6-8-13)11-14-2/h5-8,14,16H,3-4,9-11H2,1-2H3. The fourth-order valence-corrected chi connectivity index (χ4v) is 1.76. The molecule has 2 N–H and O–H groups in total. The van der Waals surface area contributed by atoms with Crippen molar-refractivity contribution >= 4 is 5.69 Å². The van der Waals surface area contributed by atoms with Crippen LogP contribution in [0.3, 0.4) is 0 Å².